The highest BCUT2D eigenvalue weighted by Crippen LogP contribution is 2.31. The molecule has 0 saturated heterocycles. The van der Waals surface area contributed by atoms with E-state index < -0.39 is 0 Å². The van der Waals surface area contributed by atoms with Gasteiger partial charge in [-0.15, -0.1) is 11.3 Å². The van der Waals surface area contributed by atoms with Gasteiger partial charge in [-0.1, -0.05) is 37.1 Å². The first-order chi connectivity index (χ1) is 10.3. The van der Waals surface area contributed by atoms with Gasteiger partial charge in [0, 0.05) is 27.7 Å². The van der Waals surface area contributed by atoms with Crippen LogP contribution in [0.5, 0.6) is 0 Å². The molecule has 0 atom stereocenters. The second kappa shape index (κ2) is 6.37. The molecular formula is C17H15ClN2S. The minimum atomic E-state index is 0.742. The van der Waals surface area contributed by atoms with Gasteiger partial charge in [0.2, 0.25) is 0 Å². The van der Waals surface area contributed by atoms with E-state index in [1.54, 1.807) is 11.3 Å². The monoisotopic (exact) mass is 314 g/mol. The average molecular weight is 315 g/mol. The molecule has 1 aromatic carbocycles. The Morgan fingerprint density at radius 1 is 1.14 bits per heavy atom. The van der Waals surface area contributed by atoms with Gasteiger partial charge >= 0.3 is 0 Å². The van der Waals surface area contributed by atoms with Crippen LogP contribution in [0.4, 0.5) is 0 Å². The van der Waals surface area contributed by atoms with Crippen molar-refractivity contribution in [3.05, 3.63) is 58.7 Å². The lowest BCUT2D eigenvalue weighted by atomic mass is 10.1. The molecule has 0 aliphatic heterocycles. The minimum Gasteiger partial charge on any atom is -0.261 e. The molecule has 2 nitrogen and oxygen atoms in total. The van der Waals surface area contributed by atoms with E-state index in [-0.39, 0.29) is 0 Å². The topological polar surface area (TPSA) is 25.8 Å². The summed E-state index contributed by atoms with van der Waals surface area (Å²) in [6.45, 7) is 2.17. The van der Waals surface area contributed by atoms with Gasteiger partial charge in [0.1, 0.15) is 5.01 Å². The molecule has 2 heterocycles. The smallest absolute Gasteiger partial charge is 0.125 e. The van der Waals surface area contributed by atoms with Gasteiger partial charge < -0.3 is 0 Å². The summed E-state index contributed by atoms with van der Waals surface area (Å²) in [5, 5.41) is 3.85. The van der Waals surface area contributed by atoms with Gasteiger partial charge in [-0.2, -0.15) is 0 Å². The Hall–Kier alpha value is -1.71. The van der Waals surface area contributed by atoms with Crippen LogP contribution < -0.4 is 0 Å². The fourth-order valence-electron chi connectivity index (χ4n) is 2.22. The highest BCUT2D eigenvalue weighted by molar-refractivity contribution is 7.13. The van der Waals surface area contributed by atoms with Crippen LogP contribution in [-0.2, 0) is 6.42 Å². The van der Waals surface area contributed by atoms with Crippen LogP contribution >= 0.6 is 22.9 Å². The number of halogens is 1. The second-order valence-electron chi connectivity index (χ2n) is 4.79. The van der Waals surface area contributed by atoms with Crippen LogP contribution in [0.1, 0.15) is 19.0 Å². The molecule has 3 aromatic rings. The van der Waals surface area contributed by atoms with Crippen LogP contribution in [0, 0.1) is 0 Å². The summed E-state index contributed by atoms with van der Waals surface area (Å²) >= 11 is 7.59. The quantitative estimate of drug-likeness (QED) is 0.637. The van der Waals surface area contributed by atoms with E-state index in [2.05, 4.69) is 23.4 Å². The van der Waals surface area contributed by atoms with Crippen molar-refractivity contribution in [2.45, 2.75) is 19.8 Å². The van der Waals surface area contributed by atoms with Crippen molar-refractivity contribution in [1.82, 2.24) is 9.97 Å². The number of benzene rings is 1. The molecule has 0 amide bonds. The van der Waals surface area contributed by atoms with Crippen molar-refractivity contribution >= 4 is 22.9 Å². The van der Waals surface area contributed by atoms with Gasteiger partial charge in [-0.05, 0) is 30.7 Å². The third-order valence-electron chi connectivity index (χ3n) is 3.25. The zero-order valence-corrected chi connectivity index (χ0v) is 13.3. The molecule has 0 aliphatic rings. The zero-order valence-electron chi connectivity index (χ0n) is 11.7. The number of aryl methyl sites for hydroxylation is 1. The van der Waals surface area contributed by atoms with Crippen molar-refractivity contribution < 1.29 is 0 Å². The number of aromatic nitrogens is 2. The third-order valence-corrected chi connectivity index (χ3v) is 4.38. The molecule has 0 N–H and O–H groups in total. The summed E-state index contributed by atoms with van der Waals surface area (Å²) < 4.78 is 0. The van der Waals surface area contributed by atoms with Crippen LogP contribution in [0.25, 0.3) is 21.8 Å². The van der Waals surface area contributed by atoms with Crippen LogP contribution in [0.2, 0.25) is 5.02 Å². The fourth-order valence-corrected chi connectivity index (χ4v) is 3.22. The Bertz CT molecular complexity index is 735. The standard InChI is InChI=1S/C17H15ClN2S/c1-2-4-15-14(5-3-10-19-15)17-20-16(11-21-17)12-6-8-13(18)9-7-12/h3,5-11H,2,4H2,1H3. The lowest BCUT2D eigenvalue weighted by Gasteiger charge is -2.04. The van der Waals surface area contributed by atoms with E-state index >= 15 is 0 Å². The van der Waals surface area contributed by atoms with E-state index in [0.717, 1.165) is 45.4 Å². The van der Waals surface area contributed by atoms with Crippen molar-refractivity contribution in [2.75, 3.05) is 0 Å². The maximum Gasteiger partial charge on any atom is 0.125 e. The highest BCUT2D eigenvalue weighted by atomic mass is 35.5. The molecule has 4 heteroatoms. The second-order valence-corrected chi connectivity index (χ2v) is 6.09. The molecule has 21 heavy (non-hydrogen) atoms. The fraction of sp³-hybridized carbons (Fsp3) is 0.176. The van der Waals surface area contributed by atoms with Gasteiger partial charge in [0.25, 0.3) is 0 Å². The molecule has 0 radical (unpaired) electrons. The summed E-state index contributed by atoms with van der Waals surface area (Å²) in [6, 6.07) is 11.8. The Labute approximate surface area is 133 Å². The number of pyridine rings is 1. The SMILES string of the molecule is CCCc1ncccc1-c1nc(-c2ccc(Cl)cc2)cs1. The van der Waals surface area contributed by atoms with Gasteiger partial charge in [0.15, 0.2) is 0 Å². The summed E-state index contributed by atoms with van der Waals surface area (Å²) in [5.41, 5.74) is 4.34. The third kappa shape index (κ3) is 3.14. The zero-order chi connectivity index (χ0) is 14.7. The molecule has 2 aromatic heterocycles. The van der Waals surface area contributed by atoms with Crippen molar-refractivity contribution in [1.29, 1.82) is 0 Å². The van der Waals surface area contributed by atoms with E-state index in [0.29, 0.717) is 0 Å². The number of rotatable bonds is 4. The van der Waals surface area contributed by atoms with Crippen LogP contribution in [-0.4, -0.2) is 9.97 Å². The first-order valence-corrected chi connectivity index (χ1v) is 8.19. The average Bonchev–Trinajstić information content (AvgIpc) is 2.99. The Balaban J connectivity index is 1.97. The minimum absolute atomic E-state index is 0.742. The maximum atomic E-state index is 5.93. The highest BCUT2D eigenvalue weighted by Gasteiger charge is 2.10. The molecule has 0 spiro atoms. The largest absolute Gasteiger partial charge is 0.261 e. The first-order valence-electron chi connectivity index (χ1n) is 6.93. The summed E-state index contributed by atoms with van der Waals surface area (Å²) in [6.07, 6.45) is 3.91. The lowest BCUT2D eigenvalue weighted by molar-refractivity contribution is 0.885. The first kappa shape index (κ1) is 14.2. The molecule has 0 aliphatic carbocycles. The van der Waals surface area contributed by atoms with Crippen molar-refractivity contribution in [2.24, 2.45) is 0 Å². The number of hydrogen-bond donors (Lipinski definition) is 0. The predicted molar refractivity (Wildman–Crippen MR) is 89.8 cm³/mol. The molecule has 0 saturated carbocycles. The molecule has 0 bridgehead atoms. The Morgan fingerprint density at radius 2 is 1.95 bits per heavy atom. The van der Waals surface area contributed by atoms with Gasteiger partial charge in [-0.3, -0.25) is 4.98 Å². The normalized spacial score (nSPS) is 10.8. The molecular weight excluding hydrogens is 300 g/mol. The Kier molecular flexibility index (Phi) is 4.32. The number of nitrogens with zero attached hydrogens (tertiary/aromatic N) is 2. The van der Waals surface area contributed by atoms with E-state index in [1.165, 1.54) is 0 Å². The molecule has 0 fully saturated rings. The predicted octanol–water partition coefficient (Wildman–Crippen LogP) is 5.48. The summed E-state index contributed by atoms with van der Waals surface area (Å²) in [5.74, 6) is 0. The molecule has 3 rings (SSSR count). The van der Waals surface area contributed by atoms with E-state index in [4.69, 9.17) is 16.6 Å². The summed E-state index contributed by atoms with van der Waals surface area (Å²) in [7, 11) is 0. The van der Waals surface area contributed by atoms with Gasteiger partial charge in [-0.25, -0.2) is 4.98 Å². The number of thiazole rings is 1. The van der Waals surface area contributed by atoms with Crippen LogP contribution in [0.15, 0.2) is 48.0 Å². The van der Waals surface area contributed by atoms with Crippen molar-refractivity contribution in [3.63, 3.8) is 0 Å². The van der Waals surface area contributed by atoms with E-state index in [1.807, 2.05) is 36.5 Å². The van der Waals surface area contributed by atoms with Crippen LogP contribution in [0.3, 0.4) is 0 Å². The molecule has 0 unspecified atom stereocenters. The maximum absolute atomic E-state index is 5.93. The molecule has 106 valence electrons. The van der Waals surface area contributed by atoms with Crippen molar-refractivity contribution in [3.8, 4) is 21.8 Å². The number of hydrogen-bond acceptors (Lipinski definition) is 3. The van der Waals surface area contributed by atoms with E-state index in [9.17, 15) is 0 Å². The summed E-state index contributed by atoms with van der Waals surface area (Å²) in [4.78, 5) is 9.25. The Morgan fingerprint density at radius 3 is 2.71 bits per heavy atom. The van der Waals surface area contributed by atoms with Gasteiger partial charge in [0.05, 0.1) is 11.4 Å². The lowest BCUT2D eigenvalue weighted by Crippen LogP contribution is -1.92.